The molecule has 13 heteroatoms. The molecule has 0 saturated carbocycles. The van der Waals surface area contributed by atoms with Crippen molar-refractivity contribution in [1.29, 1.82) is 0 Å². The van der Waals surface area contributed by atoms with Gasteiger partial charge in [-0.3, -0.25) is 0 Å². The summed E-state index contributed by atoms with van der Waals surface area (Å²) in [6.45, 7) is -2.05. The van der Waals surface area contributed by atoms with Gasteiger partial charge in [-0.15, -0.1) is 4.40 Å². The van der Waals surface area contributed by atoms with E-state index in [0.717, 1.165) is 10.6 Å². The van der Waals surface area contributed by atoms with Crippen molar-refractivity contribution in [3.05, 3.63) is 95.4 Å². The molecule has 0 fully saturated rings. The third-order valence-corrected chi connectivity index (χ3v) is 6.48. The summed E-state index contributed by atoms with van der Waals surface area (Å²) in [5.41, 5.74) is -2.09. The summed E-state index contributed by atoms with van der Waals surface area (Å²) in [6.07, 6.45) is -9.70. The van der Waals surface area contributed by atoms with Gasteiger partial charge >= 0.3 is 12.4 Å². The number of hydrogen-bond acceptors (Lipinski definition) is 2. The molecule has 5 nitrogen and oxygen atoms in total. The van der Waals surface area contributed by atoms with Gasteiger partial charge in [-0.2, -0.15) is 34.8 Å². The molecule has 0 amide bonds. The first-order valence-electron chi connectivity index (χ1n) is 10.2. The molecule has 0 aliphatic rings. The molecule has 1 aromatic heterocycles. The summed E-state index contributed by atoms with van der Waals surface area (Å²) in [6, 6.07) is 14.5. The van der Waals surface area contributed by atoms with Gasteiger partial charge in [0, 0.05) is 0 Å². The minimum Gasteiger partial charge on any atom is -0.305 e. The van der Waals surface area contributed by atoms with E-state index in [1.807, 2.05) is 0 Å². The Bertz CT molecular complexity index is 1590. The van der Waals surface area contributed by atoms with Gasteiger partial charge in [-0.1, -0.05) is 36.4 Å². The number of imidazole rings is 1. The fraction of sp³-hybridized carbons (Fsp3) is 0.174. The second-order valence-electron chi connectivity index (χ2n) is 7.77. The Morgan fingerprint density at radius 1 is 0.778 bits per heavy atom. The van der Waals surface area contributed by atoms with E-state index in [1.165, 1.54) is 48.5 Å². The molecule has 0 atom stereocenters. The van der Waals surface area contributed by atoms with E-state index < -0.39 is 52.5 Å². The van der Waals surface area contributed by atoms with Crippen molar-refractivity contribution in [3.63, 3.8) is 0 Å². The molecule has 0 aliphatic heterocycles. The number of rotatable bonds is 5. The van der Waals surface area contributed by atoms with Crippen molar-refractivity contribution < 1.29 is 39.2 Å². The topological polar surface area (TPSA) is 56.4 Å². The van der Waals surface area contributed by atoms with Crippen LogP contribution in [0.2, 0.25) is 0 Å². The first-order valence-corrected chi connectivity index (χ1v) is 11.7. The van der Waals surface area contributed by atoms with Gasteiger partial charge in [0.05, 0.1) is 28.0 Å². The maximum absolute atomic E-state index is 14.2. The second kappa shape index (κ2) is 9.12. The number of sulfonamides is 1. The van der Waals surface area contributed by atoms with Gasteiger partial charge in [0.1, 0.15) is 12.4 Å². The number of benzene rings is 3. The van der Waals surface area contributed by atoms with Crippen LogP contribution in [0, 0.1) is 5.82 Å². The number of nitrogens with zero attached hydrogens (tertiary/aromatic N) is 3. The molecule has 0 spiro atoms. The third kappa shape index (κ3) is 5.30. The Morgan fingerprint density at radius 2 is 1.36 bits per heavy atom. The van der Waals surface area contributed by atoms with Crippen molar-refractivity contribution in [1.82, 2.24) is 9.13 Å². The summed E-state index contributed by atoms with van der Waals surface area (Å²) in [5.74, 6) is -1.57. The molecule has 0 aliphatic carbocycles. The number of halogens is 7. The van der Waals surface area contributed by atoms with Crippen LogP contribution in [0.25, 0.3) is 11.0 Å². The van der Waals surface area contributed by atoms with Crippen molar-refractivity contribution in [2.75, 3.05) is 0 Å². The highest BCUT2D eigenvalue weighted by Crippen LogP contribution is 2.32. The van der Waals surface area contributed by atoms with E-state index in [2.05, 4.69) is 4.40 Å². The zero-order valence-electron chi connectivity index (χ0n) is 18.1. The Hall–Kier alpha value is -3.61. The van der Waals surface area contributed by atoms with Crippen molar-refractivity contribution in [2.24, 2.45) is 4.40 Å². The highest BCUT2D eigenvalue weighted by Gasteiger charge is 2.34. The van der Waals surface area contributed by atoms with E-state index >= 15 is 0 Å². The normalized spacial score (nSPS) is 13.5. The van der Waals surface area contributed by atoms with Gasteiger partial charge in [0.2, 0.25) is 5.62 Å². The largest absolute Gasteiger partial charge is 0.419 e. The maximum atomic E-state index is 14.2. The fourth-order valence-corrected chi connectivity index (χ4v) is 4.71. The molecule has 0 unspecified atom stereocenters. The lowest BCUT2D eigenvalue weighted by Gasteiger charge is -2.11. The van der Waals surface area contributed by atoms with Crippen LogP contribution in [0.5, 0.6) is 0 Å². The standard InChI is InChI=1S/C23H16F7N3O2S/c24-18-12-15(10-11-17(18)23(28,29)30)13-32-19-8-4-5-9-20(19)33(14-22(25,26)27)21(32)31-36(34,35)16-6-2-1-3-7-16/h1-12H,13-14H2/b31-21-. The van der Waals surface area contributed by atoms with Crippen molar-refractivity contribution >= 4 is 21.1 Å². The van der Waals surface area contributed by atoms with E-state index in [4.69, 9.17) is 0 Å². The lowest BCUT2D eigenvalue weighted by molar-refractivity contribution is -0.141. The molecule has 3 aromatic carbocycles. The highest BCUT2D eigenvalue weighted by atomic mass is 32.2. The lowest BCUT2D eigenvalue weighted by atomic mass is 10.1. The zero-order valence-corrected chi connectivity index (χ0v) is 18.9. The summed E-state index contributed by atoms with van der Waals surface area (Å²) in [4.78, 5) is -0.277. The average molecular weight is 531 g/mol. The summed E-state index contributed by atoms with van der Waals surface area (Å²) >= 11 is 0. The molecule has 4 aromatic rings. The van der Waals surface area contributed by atoms with Gasteiger partial charge in [-0.05, 0) is 42.0 Å². The molecular weight excluding hydrogens is 515 g/mol. The van der Waals surface area contributed by atoms with E-state index in [1.54, 1.807) is 6.07 Å². The molecule has 4 rings (SSSR count). The van der Waals surface area contributed by atoms with Gasteiger partial charge in [-0.25, -0.2) is 4.39 Å². The smallest absolute Gasteiger partial charge is 0.305 e. The number of para-hydroxylation sites is 2. The first-order chi connectivity index (χ1) is 16.8. The lowest BCUT2D eigenvalue weighted by Crippen LogP contribution is -2.32. The average Bonchev–Trinajstić information content (AvgIpc) is 3.04. The Morgan fingerprint density at radius 3 is 1.92 bits per heavy atom. The van der Waals surface area contributed by atoms with Crippen LogP contribution in [0.3, 0.4) is 0 Å². The minimum atomic E-state index is -4.94. The molecule has 36 heavy (non-hydrogen) atoms. The highest BCUT2D eigenvalue weighted by molar-refractivity contribution is 7.90. The summed E-state index contributed by atoms with van der Waals surface area (Å²) in [7, 11) is -4.49. The minimum absolute atomic E-state index is 0.0239. The maximum Gasteiger partial charge on any atom is 0.419 e. The first kappa shape index (κ1) is 25.5. The van der Waals surface area contributed by atoms with Crippen LogP contribution in [-0.4, -0.2) is 23.7 Å². The fourth-order valence-electron chi connectivity index (χ4n) is 3.69. The number of aromatic nitrogens is 2. The molecular formula is C23H16F7N3O2S. The van der Waals surface area contributed by atoms with E-state index in [9.17, 15) is 39.2 Å². The van der Waals surface area contributed by atoms with E-state index in [0.29, 0.717) is 16.7 Å². The Labute approximate surface area is 199 Å². The second-order valence-corrected chi connectivity index (χ2v) is 9.37. The predicted octanol–water partition coefficient (Wildman–Crippen LogP) is 5.50. The van der Waals surface area contributed by atoms with Crippen molar-refractivity contribution in [3.8, 4) is 0 Å². The van der Waals surface area contributed by atoms with Crippen LogP contribution in [-0.2, 0) is 29.3 Å². The molecule has 1 heterocycles. The van der Waals surface area contributed by atoms with E-state index in [-0.39, 0.29) is 21.5 Å². The van der Waals surface area contributed by atoms with Crippen LogP contribution in [0.1, 0.15) is 11.1 Å². The summed E-state index contributed by atoms with van der Waals surface area (Å²) < 4.78 is 125. The van der Waals surface area contributed by atoms with Crippen LogP contribution >= 0.6 is 0 Å². The van der Waals surface area contributed by atoms with Crippen molar-refractivity contribution in [2.45, 2.75) is 30.3 Å². The Balaban J connectivity index is 1.98. The molecule has 0 radical (unpaired) electrons. The van der Waals surface area contributed by atoms with Crippen LogP contribution in [0.4, 0.5) is 30.7 Å². The SMILES string of the molecule is O=S(=O)(/N=c1/n(Cc2ccc(C(F)(F)F)c(F)c2)c2ccccc2n1CC(F)(F)F)c1ccccc1. The molecule has 0 bridgehead atoms. The van der Waals surface area contributed by atoms with Gasteiger partial charge in [0.15, 0.2) is 0 Å². The van der Waals surface area contributed by atoms with Crippen LogP contribution < -0.4 is 5.62 Å². The molecule has 0 N–H and O–H groups in total. The monoisotopic (exact) mass is 531 g/mol. The predicted molar refractivity (Wildman–Crippen MR) is 116 cm³/mol. The van der Waals surface area contributed by atoms with Gasteiger partial charge in [0.25, 0.3) is 10.0 Å². The quantitative estimate of drug-likeness (QED) is 0.320. The summed E-state index contributed by atoms with van der Waals surface area (Å²) in [5, 5.41) is 0. The molecule has 0 saturated heterocycles. The Kier molecular flexibility index (Phi) is 6.45. The van der Waals surface area contributed by atoms with Crippen LogP contribution in [0.15, 0.2) is 82.1 Å². The van der Waals surface area contributed by atoms with Gasteiger partial charge < -0.3 is 9.13 Å². The zero-order chi connectivity index (χ0) is 26.3. The number of fused-ring (bicyclic) bond motifs is 1. The number of hydrogen-bond donors (Lipinski definition) is 0. The molecule has 190 valence electrons. The third-order valence-electron chi connectivity index (χ3n) is 5.21. The number of alkyl halides is 6.